The van der Waals surface area contributed by atoms with Crippen molar-refractivity contribution in [3.05, 3.63) is 46.2 Å². The highest BCUT2D eigenvalue weighted by Crippen LogP contribution is 2.15. The van der Waals surface area contributed by atoms with E-state index in [9.17, 15) is 0 Å². The molecule has 0 aliphatic heterocycles. The first kappa shape index (κ1) is 14.2. The number of rotatable bonds is 6. The molecule has 0 amide bonds. The van der Waals surface area contributed by atoms with Gasteiger partial charge < -0.3 is 9.88 Å². The standard InChI is InChI=1S/C16H20N4S/c1-3-16-18-11-13(21-16)10-17-8-9-20-12(2)19-14-6-4-5-7-15(14)20/h4-7,11,17H,3,8-10H2,1-2H3. The zero-order valence-electron chi connectivity index (χ0n) is 12.5. The van der Waals surface area contributed by atoms with Crippen LogP contribution in [0, 0.1) is 6.92 Å². The van der Waals surface area contributed by atoms with Crippen molar-refractivity contribution in [2.24, 2.45) is 0 Å². The third-order valence-corrected chi connectivity index (χ3v) is 4.70. The number of nitrogens with zero attached hydrogens (tertiary/aromatic N) is 3. The summed E-state index contributed by atoms with van der Waals surface area (Å²) < 4.78 is 2.27. The van der Waals surface area contributed by atoms with Crippen LogP contribution in [-0.2, 0) is 19.5 Å². The number of hydrogen-bond acceptors (Lipinski definition) is 4. The van der Waals surface area contributed by atoms with Crippen molar-refractivity contribution in [3.8, 4) is 0 Å². The Bertz CT molecular complexity index is 729. The molecule has 4 nitrogen and oxygen atoms in total. The van der Waals surface area contributed by atoms with E-state index in [4.69, 9.17) is 0 Å². The zero-order valence-corrected chi connectivity index (χ0v) is 13.3. The van der Waals surface area contributed by atoms with Gasteiger partial charge in [0, 0.05) is 30.7 Å². The second kappa shape index (κ2) is 6.37. The van der Waals surface area contributed by atoms with E-state index in [1.54, 1.807) is 11.3 Å². The Hall–Kier alpha value is -1.72. The molecule has 0 spiro atoms. The summed E-state index contributed by atoms with van der Waals surface area (Å²) >= 11 is 1.79. The summed E-state index contributed by atoms with van der Waals surface area (Å²) in [6.07, 6.45) is 3.00. The topological polar surface area (TPSA) is 42.7 Å². The molecule has 0 radical (unpaired) electrons. The third-order valence-electron chi connectivity index (χ3n) is 3.56. The van der Waals surface area contributed by atoms with Crippen molar-refractivity contribution in [2.45, 2.75) is 33.4 Å². The largest absolute Gasteiger partial charge is 0.327 e. The van der Waals surface area contributed by atoms with Crippen LogP contribution < -0.4 is 5.32 Å². The number of aromatic nitrogens is 3. The van der Waals surface area contributed by atoms with Gasteiger partial charge in [0.1, 0.15) is 5.82 Å². The highest BCUT2D eigenvalue weighted by atomic mass is 32.1. The Morgan fingerprint density at radius 2 is 2.14 bits per heavy atom. The number of hydrogen-bond donors (Lipinski definition) is 1. The predicted octanol–water partition coefficient (Wildman–Crippen LogP) is 3.15. The van der Waals surface area contributed by atoms with Gasteiger partial charge in [-0.3, -0.25) is 0 Å². The summed E-state index contributed by atoms with van der Waals surface area (Å²) in [6.45, 7) is 6.97. The maximum Gasteiger partial charge on any atom is 0.106 e. The average Bonchev–Trinajstić information content (AvgIpc) is 3.08. The van der Waals surface area contributed by atoms with Crippen molar-refractivity contribution < 1.29 is 0 Å². The number of fused-ring (bicyclic) bond motifs is 1. The molecule has 3 rings (SSSR count). The van der Waals surface area contributed by atoms with Crippen molar-refractivity contribution in [2.75, 3.05) is 6.54 Å². The van der Waals surface area contributed by atoms with Crippen molar-refractivity contribution in [1.29, 1.82) is 0 Å². The molecular weight excluding hydrogens is 280 g/mol. The fourth-order valence-corrected chi connectivity index (χ4v) is 3.31. The smallest absolute Gasteiger partial charge is 0.106 e. The lowest BCUT2D eigenvalue weighted by Gasteiger charge is -2.07. The van der Waals surface area contributed by atoms with Gasteiger partial charge in [-0.2, -0.15) is 0 Å². The van der Waals surface area contributed by atoms with Crippen molar-refractivity contribution in [1.82, 2.24) is 19.9 Å². The third kappa shape index (κ3) is 3.14. The summed E-state index contributed by atoms with van der Waals surface area (Å²) in [4.78, 5) is 10.3. The first-order chi connectivity index (χ1) is 10.3. The van der Waals surface area contributed by atoms with E-state index < -0.39 is 0 Å². The number of aryl methyl sites for hydroxylation is 2. The van der Waals surface area contributed by atoms with Gasteiger partial charge in [0.25, 0.3) is 0 Å². The van der Waals surface area contributed by atoms with Crippen LogP contribution in [0.4, 0.5) is 0 Å². The van der Waals surface area contributed by atoms with Crippen LogP contribution in [0.15, 0.2) is 30.5 Å². The van der Waals surface area contributed by atoms with E-state index in [1.807, 2.05) is 12.3 Å². The van der Waals surface area contributed by atoms with E-state index in [0.29, 0.717) is 0 Å². The van der Waals surface area contributed by atoms with Gasteiger partial charge in [-0.25, -0.2) is 9.97 Å². The molecule has 0 aliphatic carbocycles. The van der Waals surface area contributed by atoms with Crippen LogP contribution >= 0.6 is 11.3 Å². The molecule has 0 saturated carbocycles. The van der Waals surface area contributed by atoms with Gasteiger partial charge >= 0.3 is 0 Å². The van der Waals surface area contributed by atoms with E-state index in [-0.39, 0.29) is 0 Å². The highest BCUT2D eigenvalue weighted by molar-refractivity contribution is 7.11. The molecule has 2 heterocycles. The Kier molecular flexibility index (Phi) is 4.31. The van der Waals surface area contributed by atoms with Gasteiger partial charge in [-0.05, 0) is 25.5 Å². The van der Waals surface area contributed by atoms with Gasteiger partial charge in [0.15, 0.2) is 0 Å². The Morgan fingerprint density at radius 3 is 2.95 bits per heavy atom. The van der Waals surface area contributed by atoms with Gasteiger partial charge in [0.2, 0.25) is 0 Å². The highest BCUT2D eigenvalue weighted by Gasteiger charge is 2.06. The number of imidazole rings is 1. The lowest BCUT2D eigenvalue weighted by atomic mass is 10.3. The number of para-hydroxylation sites is 2. The molecule has 1 aromatic carbocycles. The molecule has 0 aliphatic rings. The summed E-state index contributed by atoms with van der Waals surface area (Å²) in [5, 5.41) is 4.70. The minimum absolute atomic E-state index is 0.892. The van der Waals surface area contributed by atoms with E-state index in [1.165, 1.54) is 15.4 Å². The van der Waals surface area contributed by atoms with Crippen LogP contribution in [-0.4, -0.2) is 21.1 Å². The number of benzene rings is 1. The number of thiazole rings is 1. The van der Waals surface area contributed by atoms with E-state index in [0.717, 1.165) is 37.4 Å². The molecule has 0 bridgehead atoms. The molecule has 21 heavy (non-hydrogen) atoms. The molecule has 0 fully saturated rings. The monoisotopic (exact) mass is 300 g/mol. The molecule has 0 saturated heterocycles. The predicted molar refractivity (Wildman–Crippen MR) is 87.7 cm³/mol. The SMILES string of the molecule is CCc1ncc(CNCCn2c(C)nc3ccccc32)s1. The number of nitrogens with one attached hydrogen (secondary N) is 1. The molecular formula is C16H20N4S. The fourth-order valence-electron chi connectivity index (χ4n) is 2.47. The summed E-state index contributed by atoms with van der Waals surface area (Å²) in [6, 6.07) is 8.30. The average molecular weight is 300 g/mol. The lowest BCUT2D eigenvalue weighted by Crippen LogP contribution is -2.19. The van der Waals surface area contributed by atoms with E-state index >= 15 is 0 Å². The lowest BCUT2D eigenvalue weighted by molar-refractivity contribution is 0.600. The molecule has 2 aromatic heterocycles. The van der Waals surface area contributed by atoms with Gasteiger partial charge in [-0.15, -0.1) is 11.3 Å². The van der Waals surface area contributed by atoms with Crippen molar-refractivity contribution in [3.63, 3.8) is 0 Å². The summed E-state index contributed by atoms with van der Waals surface area (Å²) in [5.41, 5.74) is 2.29. The Morgan fingerprint density at radius 1 is 1.29 bits per heavy atom. The zero-order chi connectivity index (χ0) is 14.7. The molecule has 0 atom stereocenters. The molecule has 0 unspecified atom stereocenters. The van der Waals surface area contributed by atoms with Gasteiger partial charge in [-0.1, -0.05) is 19.1 Å². The van der Waals surface area contributed by atoms with Crippen LogP contribution in [0.5, 0.6) is 0 Å². The normalized spacial score (nSPS) is 11.3. The fraction of sp³-hybridized carbons (Fsp3) is 0.375. The minimum Gasteiger partial charge on any atom is -0.327 e. The Balaban J connectivity index is 1.58. The van der Waals surface area contributed by atoms with Crippen LogP contribution in [0.2, 0.25) is 0 Å². The van der Waals surface area contributed by atoms with Crippen LogP contribution in [0.3, 0.4) is 0 Å². The van der Waals surface area contributed by atoms with Gasteiger partial charge in [0.05, 0.1) is 16.0 Å². The maximum atomic E-state index is 4.59. The molecule has 1 N–H and O–H groups in total. The minimum atomic E-state index is 0.892. The molecule has 110 valence electrons. The van der Waals surface area contributed by atoms with Crippen LogP contribution in [0.25, 0.3) is 11.0 Å². The first-order valence-corrected chi connectivity index (χ1v) is 8.15. The summed E-state index contributed by atoms with van der Waals surface area (Å²) in [7, 11) is 0. The molecule has 5 heteroatoms. The molecule has 3 aromatic rings. The van der Waals surface area contributed by atoms with Crippen LogP contribution in [0.1, 0.15) is 22.6 Å². The first-order valence-electron chi connectivity index (χ1n) is 7.34. The quantitative estimate of drug-likeness (QED) is 0.711. The van der Waals surface area contributed by atoms with E-state index in [2.05, 4.69) is 51.9 Å². The Labute approximate surface area is 128 Å². The second-order valence-corrected chi connectivity index (χ2v) is 6.25. The van der Waals surface area contributed by atoms with Crippen molar-refractivity contribution >= 4 is 22.4 Å². The second-order valence-electron chi connectivity index (χ2n) is 5.05. The maximum absolute atomic E-state index is 4.59. The summed E-state index contributed by atoms with van der Waals surface area (Å²) in [5.74, 6) is 1.07.